The number of benzene rings is 8. The molecule has 16 bridgehead atoms. The van der Waals surface area contributed by atoms with Crippen LogP contribution in [0.25, 0.3) is 0 Å². The van der Waals surface area contributed by atoms with Gasteiger partial charge in [-0.3, -0.25) is 0 Å². The molecule has 0 N–H and O–H groups in total. The molecule has 30 rings (SSSR count). The Morgan fingerprint density at radius 3 is 0.516 bits per heavy atom. The van der Waals surface area contributed by atoms with Crippen LogP contribution in [-0.4, -0.2) is 0 Å². The van der Waals surface area contributed by atoms with Crippen molar-refractivity contribution >= 4 is 0 Å². The molecule has 8 aromatic rings. The monoisotopic (exact) mass is 800 g/mol. The van der Waals surface area contributed by atoms with E-state index in [-0.39, 0.29) is 0 Å². The Balaban J connectivity index is 1.26. The van der Waals surface area contributed by atoms with E-state index in [0.29, 0.717) is 0 Å². The van der Waals surface area contributed by atoms with Gasteiger partial charge in [-0.1, -0.05) is 173 Å². The quantitative estimate of drug-likeness (QED) is 0.166. The molecule has 0 aromatic heterocycles. The Morgan fingerprint density at radius 1 is 0.226 bits per heavy atom. The minimum Gasteiger partial charge on any atom is -0.0613 e. The Kier molecular flexibility index (Phi) is 9.92. The number of rotatable bonds is 4. The van der Waals surface area contributed by atoms with Gasteiger partial charge in [-0.05, 0) is 192 Å². The van der Waals surface area contributed by atoms with Crippen LogP contribution in [0.5, 0.6) is 0 Å². The van der Waals surface area contributed by atoms with Crippen LogP contribution in [0, 0.1) is 83.5 Å². The van der Waals surface area contributed by atoms with E-state index in [4.69, 9.17) is 0 Å². The van der Waals surface area contributed by atoms with Gasteiger partial charge < -0.3 is 0 Å². The molecule has 0 radical (unpaired) electrons. The van der Waals surface area contributed by atoms with E-state index in [0.717, 1.165) is 51.4 Å². The maximum atomic E-state index is 2.39. The van der Waals surface area contributed by atoms with Gasteiger partial charge in [-0.15, -0.1) is 0 Å². The Labute approximate surface area is 363 Å². The molecule has 304 valence electrons. The molecule has 0 heteroatoms. The van der Waals surface area contributed by atoms with Crippen molar-refractivity contribution < 1.29 is 0 Å². The fourth-order valence-electron chi connectivity index (χ4n) is 11.9. The predicted molar refractivity (Wildman–Crippen MR) is 254 cm³/mol. The van der Waals surface area contributed by atoms with Gasteiger partial charge in [0, 0.05) is 0 Å². The first-order chi connectivity index (χ1) is 30.6. The summed E-state index contributed by atoms with van der Waals surface area (Å²) < 4.78 is 0. The maximum absolute atomic E-state index is 2.39. The van der Waals surface area contributed by atoms with Gasteiger partial charge in [-0.25, -0.2) is 0 Å². The molecular weight excluding hydrogens is 745 g/mol. The summed E-state index contributed by atoms with van der Waals surface area (Å²) in [6.07, 6.45) is 11.2. The maximum Gasteiger partial charge on any atom is -0.0114 e. The predicted octanol–water partition coefficient (Wildman–Crippen LogP) is 13.5. The molecule has 0 aliphatic heterocycles. The first-order valence-electron chi connectivity index (χ1n) is 23.6. The van der Waals surface area contributed by atoms with Crippen molar-refractivity contribution in [2.45, 2.75) is 91.9 Å². The molecule has 0 spiro atoms. The minimum absolute atomic E-state index is 1.03. The summed E-state index contributed by atoms with van der Waals surface area (Å²) in [7, 11) is 0. The van der Waals surface area contributed by atoms with E-state index < -0.39 is 0 Å². The second-order valence-electron chi connectivity index (χ2n) is 17.9. The van der Waals surface area contributed by atoms with Crippen LogP contribution < -0.4 is 0 Å². The Morgan fingerprint density at radius 2 is 0.371 bits per heavy atom. The summed E-state index contributed by atoms with van der Waals surface area (Å²) in [5.74, 6) is 0. The van der Waals surface area contributed by atoms with Gasteiger partial charge in [-0.2, -0.15) is 0 Å². The summed E-state index contributed by atoms with van der Waals surface area (Å²) in [5, 5.41) is 21.6. The molecule has 0 saturated carbocycles. The zero-order chi connectivity index (χ0) is 41.9. The summed E-state index contributed by atoms with van der Waals surface area (Å²) in [6.45, 7) is 9.43. The van der Waals surface area contributed by atoms with E-state index >= 15 is 0 Å². The average Bonchev–Trinajstić information content (AvgIpc) is 4.03. The summed E-state index contributed by atoms with van der Waals surface area (Å²) in [4.78, 5) is 0. The van der Waals surface area contributed by atoms with Gasteiger partial charge in [0.15, 0.2) is 0 Å². The lowest BCUT2D eigenvalue weighted by molar-refractivity contribution is 0.907. The van der Waals surface area contributed by atoms with Crippen molar-refractivity contribution in [1.29, 1.82) is 0 Å². The van der Waals surface area contributed by atoms with Crippen molar-refractivity contribution in [2.75, 3.05) is 0 Å². The lowest BCUT2D eigenvalue weighted by Gasteiger charge is -2.15. The van der Waals surface area contributed by atoms with E-state index in [1.54, 1.807) is 22.3 Å². The summed E-state index contributed by atoms with van der Waals surface area (Å²) in [5.41, 5.74) is 12.4. The lowest BCUT2D eigenvalue weighted by Crippen LogP contribution is -2.03. The average molecular weight is 801 g/mol. The molecule has 0 fully saturated rings. The molecular formula is C62H56. The topological polar surface area (TPSA) is 0 Å². The standard InChI is InChI=1S/C62H56/c1-5-51-52(6-2)60-48-33-25-44(26-34-48)40-19-21-42(22-20-40)46-29-37-50(38-30-46)62-54(8-4)53(7-3)61(57-13-10-14-58(57)62)49-35-27-45(28-36-49)41-17-15-39(16-18-41)43-23-31-47(32-24-43)59(51)55-11-9-12-56(55)60/h15-38H,5-14H2,1-4H3. The molecule has 22 aliphatic carbocycles. The number of fused-ring (bicyclic) bond motifs is 1. The SMILES string of the molecule is CCc1c(CC)c2c3c(c1=c1ccc(cc1)=c1ccc(cc1)=c1ccc(cc1)=c1c(CC)c(CC)c(c4c1CCC4)=c1ccc(cc1)=c1ccc(cc1)=c1ccc=2cc1)CCC3. The second kappa shape index (κ2) is 15.9. The third-order valence-corrected chi connectivity index (χ3v) is 14.8. The van der Waals surface area contributed by atoms with Crippen molar-refractivity contribution in [2.24, 2.45) is 0 Å². The molecule has 0 saturated heterocycles. The van der Waals surface area contributed by atoms with Gasteiger partial charge in [0.25, 0.3) is 0 Å². The second-order valence-corrected chi connectivity index (χ2v) is 17.9. The van der Waals surface area contributed by atoms with Crippen LogP contribution in [0.2, 0.25) is 0 Å². The Bertz CT molecular complexity index is 3320. The van der Waals surface area contributed by atoms with Crippen molar-refractivity contribution in [3.8, 4) is 0 Å². The zero-order valence-electron chi connectivity index (χ0n) is 36.9. The third-order valence-electron chi connectivity index (χ3n) is 14.8. The van der Waals surface area contributed by atoms with E-state index in [1.165, 1.54) is 119 Å². The first kappa shape index (κ1) is 38.7. The summed E-state index contributed by atoms with van der Waals surface area (Å²) in [6, 6.07) is 56.4. The highest BCUT2D eigenvalue weighted by Gasteiger charge is 2.21. The van der Waals surface area contributed by atoms with E-state index in [2.05, 4.69) is 173 Å². The van der Waals surface area contributed by atoms with Gasteiger partial charge >= 0.3 is 0 Å². The smallest absolute Gasteiger partial charge is 0.0114 e. The van der Waals surface area contributed by atoms with Gasteiger partial charge in [0.05, 0.1) is 0 Å². The molecule has 0 nitrogen and oxygen atoms in total. The van der Waals surface area contributed by atoms with Crippen LogP contribution in [0.1, 0.15) is 85.0 Å². The minimum atomic E-state index is 1.03. The highest BCUT2D eigenvalue weighted by Crippen LogP contribution is 2.33. The third kappa shape index (κ3) is 6.33. The molecule has 0 atom stereocenters. The largest absolute Gasteiger partial charge is 0.0613 e. The first-order valence-corrected chi connectivity index (χ1v) is 23.6. The molecule has 8 aromatic carbocycles. The highest BCUT2D eigenvalue weighted by atomic mass is 14.3. The molecule has 0 heterocycles. The molecule has 62 heavy (non-hydrogen) atoms. The van der Waals surface area contributed by atoms with Crippen LogP contribution in [0.4, 0.5) is 0 Å². The van der Waals surface area contributed by atoms with Crippen LogP contribution in [0.15, 0.2) is 146 Å². The van der Waals surface area contributed by atoms with E-state index in [9.17, 15) is 0 Å². The van der Waals surface area contributed by atoms with E-state index in [1.807, 2.05) is 0 Å². The van der Waals surface area contributed by atoms with Crippen molar-refractivity contribution in [3.05, 3.63) is 274 Å². The number of hydrogen-bond donors (Lipinski definition) is 0. The van der Waals surface area contributed by atoms with Crippen molar-refractivity contribution in [3.63, 3.8) is 0 Å². The normalized spacial score (nSPS) is 13.4. The number of hydrogen-bond acceptors (Lipinski definition) is 0. The molecule has 0 unspecified atom stereocenters. The van der Waals surface area contributed by atoms with Crippen LogP contribution in [0.3, 0.4) is 0 Å². The highest BCUT2D eigenvalue weighted by molar-refractivity contribution is 5.49. The fourth-order valence-corrected chi connectivity index (χ4v) is 11.9. The summed E-state index contributed by atoms with van der Waals surface area (Å²) >= 11 is 0. The van der Waals surface area contributed by atoms with Gasteiger partial charge in [0.2, 0.25) is 0 Å². The zero-order valence-corrected chi connectivity index (χ0v) is 36.9. The van der Waals surface area contributed by atoms with Crippen LogP contribution in [-0.2, 0) is 51.4 Å². The van der Waals surface area contributed by atoms with Crippen molar-refractivity contribution in [1.82, 2.24) is 0 Å². The van der Waals surface area contributed by atoms with Gasteiger partial charge in [0.1, 0.15) is 0 Å². The fraction of sp³-hybridized carbons (Fsp3) is 0.226. The van der Waals surface area contributed by atoms with Crippen LogP contribution >= 0.6 is 0 Å². The molecule has 22 aliphatic rings. The lowest BCUT2D eigenvalue weighted by atomic mass is 9.89. The molecule has 0 amide bonds. The Hall–Kier alpha value is -6.24.